The van der Waals surface area contributed by atoms with Gasteiger partial charge in [0.1, 0.15) is 11.5 Å². The van der Waals surface area contributed by atoms with Crippen LogP contribution in [0.3, 0.4) is 0 Å². The van der Waals surface area contributed by atoms with E-state index >= 15 is 0 Å². The van der Waals surface area contributed by atoms with Gasteiger partial charge in [-0.3, -0.25) is 4.79 Å². The van der Waals surface area contributed by atoms with E-state index in [0.29, 0.717) is 49.2 Å². The Morgan fingerprint density at radius 2 is 1.81 bits per heavy atom. The van der Waals surface area contributed by atoms with Crippen molar-refractivity contribution in [2.45, 2.75) is 64.2 Å². The van der Waals surface area contributed by atoms with Gasteiger partial charge in [-0.05, 0) is 106 Å². The van der Waals surface area contributed by atoms with Crippen LogP contribution >= 0.6 is 0 Å². The van der Waals surface area contributed by atoms with Crippen molar-refractivity contribution >= 4 is 5.91 Å². The minimum atomic E-state index is -0.798. The number of ether oxygens (including phenoxy) is 1. The molecule has 3 aromatic carbocycles. The van der Waals surface area contributed by atoms with Gasteiger partial charge in [0.2, 0.25) is 0 Å². The molecule has 1 aliphatic rings. The van der Waals surface area contributed by atoms with Crippen molar-refractivity contribution in [3.8, 4) is 11.5 Å². The van der Waals surface area contributed by atoms with Crippen LogP contribution in [0.1, 0.15) is 71.8 Å². The number of hydrogen-bond acceptors (Lipinski definition) is 7. The van der Waals surface area contributed by atoms with E-state index in [2.05, 4.69) is 21.6 Å². The van der Waals surface area contributed by atoms with E-state index in [1.807, 2.05) is 56.3 Å². The molecule has 0 unspecified atom stereocenters. The summed E-state index contributed by atoms with van der Waals surface area (Å²) in [6.07, 6.45) is 4.16. The van der Waals surface area contributed by atoms with Crippen molar-refractivity contribution in [1.29, 1.82) is 0 Å². The molecule has 8 heteroatoms. The van der Waals surface area contributed by atoms with E-state index < -0.39 is 6.10 Å². The first-order valence-corrected chi connectivity index (χ1v) is 15.4. The minimum Gasteiger partial charge on any atom is -0.508 e. The number of rotatable bonds is 16. The lowest BCUT2D eigenvalue weighted by Crippen LogP contribution is -2.43. The van der Waals surface area contributed by atoms with Crippen LogP contribution in [0, 0.1) is 0 Å². The van der Waals surface area contributed by atoms with Gasteiger partial charge in [-0.1, -0.05) is 36.4 Å². The Bertz CT molecular complexity index is 1320. The summed E-state index contributed by atoms with van der Waals surface area (Å²) in [5.74, 6) is 0.784. The fraction of sp³-hybridized carbons (Fsp3) is 0.457. The number of likely N-dealkylation sites (tertiary alicyclic amines) is 1. The number of amides is 1. The second-order valence-electron chi connectivity index (χ2n) is 12.1. The van der Waals surface area contributed by atoms with E-state index in [1.165, 1.54) is 32.0 Å². The van der Waals surface area contributed by atoms with Crippen LogP contribution < -0.4 is 15.4 Å². The highest BCUT2D eigenvalue weighted by molar-refractivity contribution is 5.94. The molecule has 0 aromatic heterocycles. The predicted octanol–water partition coefficient (Wildman–Crippen LogP) is 4.37. The summed E-state index contributed by atoms with van der Waals surface area (Å²) in [6.45, 7) is 8.79. The Kier molecular flexibility index (Phi) is 12.0. The maximum absolute atomic E-state index is 13.0. The smallest absolute Gasteiger partial charge is 0.251 e. The summed E-state index contributed by atoms with van der Waals surface area (Å²) in [5, 5.41) is 36.3. The first-order valence-electron chi connectivity index (χ1n) is 15.4. The summed E-state index contributed by atoms with van der Waals surface area (Å²) < 4.78 is 6.09. The summed E-state index contributed by atoms with van der Waals surface area (Å²) in [5.41, 5.74) is 3.36. The molecule has 5 N–H and O–H groups in total. The molecule has 1 amide bonds. The number of nitrogens with zero attached hydrogens (tertiary/aromatic N) is 1. The molecule has 0 saturated carbocycles. The number of benzene rings is 3. The van der Waals surface area contributed by atoms with Crippen LogP contribution in [0.2, 0.25) is 0 Å². The average Bonchev–Trinajstić information content (AvgIpc) is 3.52. The Hall–Kier alpha value is -3.43. The number of aliphatic hydroxyl groups is 2. The van der Waals surface area contributed by atoms with Crippen LogP contribution in [0.5, 0.6) is 11.5 Å². The molecule has 1 aliphatic heterocycles. The van der Waals surface area contributed by atoms with Crippen LogP contribution in [-0.2, 0) is 19.4 Å². The van der Waals surface area contributed by atoms with Crippen molar-refractivity contribution in [3.05, 3.63) is 94.5 Å². The van der Waals surface area contributed by atoms with E-state index in [1.54, 1.807) is 12.1 Å². The molecule has 0 spiro atoms. The number of aromatic hydroxyl groups is 1. The first kappa shape index (κ1) is 32.5. The molecule has 232 valence electrons. The summed E-state index contributed by atoms with van der Waals surface area (Å²) in [6, 6.07) is 20.4. The maximum Gasteiger partial charge on any atom is 0.251 e. The number of aliphatic hydroxyl groups excluding tert-OH is 2. The lowest BCUT2D eigenvalue weighted by atomic mass is 9.93. The van der Waals surface area contributed by atoms with Crippen molar-refractivity contribution in [3.63, 3.8) is 0 Å². The summed E-state index contributed by atoms with van der Waals surface area (Å²) in [4.78, 5) is 15.5. The van der Waals surface area contributed by atoms with Crippen molar-refractivity contribution in [2.75, 3.05) is 39.3 Å². The first-order chi connectivity index (χ1) is 20.7. The van der Waals surface area contributed by atoms with Gasteiger partial charge in [0, 0.05) is 36.3 Å². The topological polar surface area (TPSA) is 114 Å². The molecule has 0 aliphatic carbocycles. The van der Waals surface area contributed by atoms with Crippen LogP contribution in [0.15, 0.2) is 66.7 Å². The number of hydrogen-bond donors (Lipinski definition) is 5. The lowest BCUT2D eigenvalue weighted by molar-refractivity contribution is 0.0953. The van der Waals surface area contributed by atoms with E-state index in [4.69, 9.17) is 4.74 Å². The molecular formula is C35H47N3O5. The third kappa shape index (κ3) is 10.1. The number of carbonyl (C=O) groups is 1. The number of nitrogens with one attached hydrogen (secondary N) is 2. The van der Waals surface area contributed by atoms with E-state index in [-0.39, 0.29) is 23.8 Å². The number of para-hydroxylation sites is 1. The monoisotopic (exact) mass is 589 g/mol. The van der Waals surface area contributed by atoms with Gasteiger partial charge in [-0.2, -0.15) is 0 Å². The van der Waals surface area contributed by atoms with Gasteiger partial charge in [0.05, 0.1) is 19.3 Å². The molecule has 1 heterocycles. The van der Waals surface area contributed by atoms with Gasteiger partial charge in [0.25, 0.3) is 5.91 Å². The zero-order valence-electron chi connectivity index (χ0n) is 25.5. The van der Waals surface area contributed by atoms with Crippen LogP contribution in [-0.4, -0.2) is 71.0 Å². The average molecular weight is 590 g/mol. The number of β-amino-alcohol motifs (C(OH)–C–C–N with tert-alkyl or cyclic N) is 1. The Labute approximate surface area is 255 Å². The molecule has 1 saturated heterocycles. The third-order valence-corrected chi connectivity index (χ3v) is 8.00. The molecule has 0 radical (unpaired) electrons. The fourth-order valence-corrected chi connectivity index (χ4v) is 5.57. The zero-order valence-corrected chi connectivity index (χ0v) is 25.5. The zero-order chi connectivity index (χ0) is 30.7. The molecule has 0 bridgehead atoms. The lowest BCUT2D eigenvalue weighted by Gasteiger charge is -2.28. The van der Waals surface area contributed by atoms with Gasteiger partial charge < -0.3 is 35.6 Å². The Morgan fingerprint density at radius 1 is 1.02 bits per heavy atom. The maximum atomic E-state index is 13.0. The number of phenols is 1. The quantitative estimate of drug-likeness (QED) is 0.158. The highest BCUT2D eigenvalue weighted by atomic mass is 16.5. The Morgan fingerprint density at radius 3 is 2.60 bits per heavy atom. The second-order valence-corrected chi connectivity index (χ2v) is 12.1. The SMILES string of the molecule is CC(C)(Cc1cccc(C(=O)NCCc2ccccc2OCCCN2CCCC2)c1)NC[C@@H](O)c1ccc(O)c(CO)c1. The van der Waals surface area contributed by atoms with Gasteiger partial charge in [-0.15, -0.1) is 0 Å². The highest BCUT2D eigenvalue weighted by Gasteiger charge is 2.21. The van der Waals surface area contributed by atoms with Crippen LogP contribution in [0.25, 0.3) is 0 Å². The molecule has 1 atom stereocenters. The molecule has 3 aromatic rings. The van der Waals surface area contributed by atoms with E-state index in [9.17, 15) is 20.1 Å². The molecule has 1 fully saturated rings. The van der Waals surface area contributed by atoms with Gasteiger partial charge in [0.15, 0.2) is 0 Å². The molecule has 8 nitrogen and oxygen atoms in total. The van der Waals surface area contributed by atoms with Gasteiger partial charge in [-0.25, -0.2) is 0 Å². The summed E-state index contributed by atoms with van der Waals surface area (Å²) >= 11 is 0. The largest absolute Gasteiger partial charge is 0.508 e. The van der Waals surface area contributed by atoms with E-state index in [0.717, 1.165) is 29.8 Å². The summed E-state index contributed by atoms with van der Waals surface area (Å²) in [7, 11) is 0. The highest BCUT2D eigenvalue weighted by Crippen LogP contribution is 2.23. The van der Waals surface area contributed by atoms with Crippen LogP contribution in [0.4, 0.5) is 0 Å². The second kappa shape index (κ2) is 15.9. The molecule has 43 heavy (non-hydrogen) atoms. The van der Waals surface area contributed by atoms with Crippen molar-refractivity contribution in [1.82, 2.24) is 15.5 Å². The molecular weight excluding hydrogens is 542 g/mol. The fourth-order valence-electron chi connectivity index (χ4n) is 5.57. The third-order valence-electron chi connectivity index (χ3n) is 8.00. The normalized spacial score (nSPS) is 14.5. The minimum absolute atomic E-state index is 0.00750. The van der Waals surface area contributed by atoms with Crippen molar-refractivity contribution < 1.29 is 24.9 Å². The standard InChI is InChI=1S/C35H47N3O5/c1-35(2,37-24-32(41)28-13-14-31(40)30(22-28)25-39)23-26-9-7-11-29(21-26)34(42)36-16-15-27-10-3-4-12-33(27)43-20-8-19-38-17-5-6-18-38/h3-4,7,9-14,21-22,32,37,39-41H,5-6,8,15-20,23-25H2,1-2H3,(H,36,42)/t32-/m1/s1. The van der Waals surface area contributed by atoms with Crippen molar-refractivity contribution in [2.24, 2.45) is 0 Å². The Balaban J connectivity index is 1.23. The number of carbonyl (C=O) groups excluding carboxylic acids is 1. The molecule has 4 rings (SSSR count). The van der Waals surface area contributed by atoms with Gasteiger partial charge >= 0.3 is 0 Å². The predicted molar refractivity (Wildman–Crippen MR) is 169 cm³/mol.